The molecule has 2 aliphatic heterocycles. The maximum absolute atomic E-state index is 14.3. The van der Waals surface area contributed by atoms with Crippen LogP contribution in [0.4, 0.5) is 0 Å². The lowest BCUT2D eigenvalue weighted by Gasteiger charge is -2.30. The molecule has 2 heterocycles. The fourth-order valence-electron chi connectivity index (χ4n) is 6.87. The van der Waals surface area contributed by atoms with Crippen LogP contribution in [0.5, 0.6) is 0 Å². The summed E-state index contributed by atoms with van der Waals surface area (Å²) in [5.74, 6) is 0. The lowest BCUT2D eigenvalue weighted by Crippen LogP contribution is -2.42. The molecule has 0 N–H and O–H groups in total. The fourth-order valence-corrected chi connectivity index (χ4v) is 10.3. The first-order valence-electron chi connectivity index (χ1n) is 17.0. The highest BCUT2D eigenvalue weighted by Gasteiger charge is 2.46. The molecular formula is C36H54N2O4S2. The van der Waals surface area contributed by atoms with Crippen LogP contribution in [-0.2, 0) is 20.0 Å². The van der Waals surface area contributed by atoms with Gasteiger partial charge in [0.2, 0.25) is 10.0 Å². The first-order chi connectivity index (χ1) is 21.1. The van der Waals surface area contributed by atoms with Crippen LogP contribution >= 0.6 is 0 Å². The average molecular weight is 643 g/mol. The maximum Gasteiger partial charge on any atom is 0.264 e. The third kappa shape index (κ3) is 8.35. The minimum Gasteiger partial charge on any atom is -0.270 e. The van der Waals surface area contributed by atoms with Crippen molar-refractivity contribution in [2.75, 3.05) is 0 Å². The number of hydrogen-bond donors (Lipinski definition) is 0. The van der Waals surface area contributed by atoms with Crippen molar-refractivity contribution in [1.82, 2.24) is 8.61 Å². The highest BCUT2D eigenvalue weighted by molar-refractivity contribution is 7.89. The highest BCUT2D eigenvalue weighted by Crippen LogP contribution is 2.42. The van der Waals surface area contributed by atoms with E-state index in [1.165, 1.54) is 25.7 Å². The molecular weight excluding hydrogens is 589 g/mol. The molecule has 0 saturated carbocycles. The van der Waals surface area contributed by atoms with Gasteiger partial charge >= 0.3 is 0 Å². The molecule has 0 unspecified atom stereocenters. The van der Waals surface area contributed by atoms with Crippen molar-refractivity contribution in [2.24, 2.45) is 0 Å². The van der Waals surface area contributed by atoms with Gasteiger partial charge in [0.15, 0.2) is 0 Å². The molecule has 244 valence electrons. The Morgan fingerprint density at radius 1 is 0.614 bits per heavy atom. The van der Waals surface area contributed by atoms with Crippen LogP contribution in [0.3, 0.4) is 0 Å². The van der Waals surface area contributed by atoms with E-state index in [0.29, 0.717) is 11.3 Å². The predicted octanol–water partition coefficient (Wildman–Crippen LogP) is 8.89. The zero-order chi connectivity index (χ0) is 31.7. The van der Waals surface area contributed by atoms with Crippen molar-refractivity contribution in [3.63, 3.8) is 0 Å². The van der Waals surface area contributed by atoms with Gasteiger partial charge < -0.3 is 0 Å². The molecule has 1 saturated heterocycles. The lowest BCUT2D eigenvalue weighted by atomic mass is 9.98. The molecule has 0 bridgehead atoms. The monoisotopic (exact) mass is 642 g/mol. The topological polar surface area (TPSA) is 74.8 Å². The van der Waals surface area contributed by atoms with E-state index in [4.69, 9.17) is 0 Å². The Hall–Kier alpha value is -2.16. The van der Waals surface area contributed by atoms with E-state index in [1.54, 1.807) is 39.1 Å². The zero-order valence-corrected chi connectivity index (χ0v) is 29.0. The van der Waals surface area contributed by atoms with E-state index in [-0.39, 0.29) is 23.0 Å². The normalized spacial score (nSPS) is 21.2. The molecule has 0 amide bonds. The van der Waals surface area contributed by atoms with Crippen LogP contribution in [-0.4, -0.2) is 43.6 Å². The van der Waals surface area contributed by atoms with Gasteiger partial charge in [-0.3, -0.25) is 4.31 Å². The van der Waals surface area contributed by atoms with Crippen LogP contribution in [0, 0.1) is 13.8 Å². The standard InChI is InChI=1S/C36H54N2O4S2/c1-5-7-9-11-13-15-32-21-26-36(38(32)44(41,42)35-24-19-30(4)20-25-35)31-27-33(16-14-12-10-8-6-2)37(28-31)43(39,40)34-22-17-29(3)18-23-34/h17-20,22-25,28,32-33,36H,5-16,21,26-27H2,1-4H3/t32-,33-,36-/m1/s1. The third-order valence-electron chi connectivity index (χ3n) is 9.47. The first kappa shape index (κ1) is 34.7. The van der Waals surface area contributed by atoms with Gasteiger partial charge in [0.25, 0.3) is 10.0 Å². The predicted molar refractivity (Wildman–Crippen MR) is 180 cm³/mol. The van der Waals surface area contributed by atoms with Gasteiger partial charge in [-0.05, 0) is 75.8 Å². The minimum atomic E-state index is -3.77. The summed E-state index contributed by atoms with van der Waals surface area (Å²) in [5.41, 5.74) is 2.97. The molecule has 2 aliphatic rings. The summed E-state index contributed by atoms with van der Waals surface area (Å²) < 4.78 is 60.0. The molecule has 0 radical (unpaired) electrons. The largest absolute Gasteiger partial charge is 0.270 e. The Morgan fingerprint density at radius 3 is 1.61 bits per heavy atom. The minimum absolute atomic E-state index is 0.0796. The van der Waals surface area contributed by atoms with Crippen molar-refractivity contribution in [3.05, 3.63) is 71.4 Å². The summed E-state index contributed by atoms with van der Waals surface area (Å²) in [5, 5.41) is 0. The molecule has 3 atom stereocenters. The van der Waals surface area contributed by atoms with Gasteiger partial charge in [0, 0.05) is 24.3 Å². The van der Waals surface area contributed by atoms with Crippen LogP contribution < -0.4 is 0 Å². The molecule has 0 aliphatic carbocycles. The number of sulfonamides is 2. The Labute approximate surface area is 268 Å². The zero-order valence-electron chi connectivity index (χ0n) is 27.4. The molecule has 0 aromatic heterocycles. The molecule has 0 spiro atoms. The number of nitrogens with zero attached hydrogens (tertiary/aromatic N) is 2. The van der Waals surface area contributed by atoms with E-state index in [0.717, 1.165) is 80.9 Å². The Morgan fingerprint density at radius 2 is 1.09 bits per heavy atom. The summed E-state index contributed by atoms with van der Waals surface area (Å²) in [6.45, 7) is 8.31. The molecule has 2 aromatic carbocycles. The van der Waals surface area contributed by atoms with Crippen molar-refractivity contribution >= 4 is 20.0 Å². The smallest absolute Gasteiger partial charge is 0.264 e. The Kier molecular flexibility index (Phi) is 12.5. The van der Waals surface area contributed by atoms with E-state index < -0.39 is 20.0 Å². The van der Waals surface area contributed by atoms with E-state index in [2.05, 4.69) is 13.8 Å². The quantitative estimate of drug-likeness (QED) is 0.162. The van der Waals surface area contributed by atoms with E-state index in [1.807, 2.05) is 38.1 Å². The summed E-state index contributed by atoms with van der Waals surface area (Å²) in [7, 11) is -7.54. The molecule has 1 fully saturated rings. The number of hydrogen-bond acceptors (Lipinski definition) is 4. The second-order valence-electron chi connectivity index (χ2n) is 13.0. The Bertz CT molecular complexity index is 1430. The molecule has 8 heteroatoms. The second kappa shape index (κ2) is 15.9. The molecule has 4 rings (SSSR count). The van der Waals surface area contributed by atoms with Crippen LogP contribution in [0.1, 0.15) is 121 Å². The van der Waals surface area contributed by atoms with Crippen LogP contribution in [0.2, 0.25) is 0 Å². The second-order valence-corrected chi connectivity index (χ2v) is 16.7. The number of aryl methyl sites for hydroxylation is 2. The van der Waals surface area contributed by atoms with Crippen molar-refractivity contribution < 1.29 is 16.8 Å². The average Bonchev–Trinajstić information content (AvgIpc) is 3.63. The van der Waals surface area contributed by atoms with Gasteiger partial charge in [0.1, 0.15) is 0 Å². The molecule has 6 nitrogen and oxygen atoms in total. The van der Waals surface area contributed by atoms with E-state index >= 15 is 0 Å². The number of benzene rings is 2. The summed E-state index contributed by atoms with van der Waals surface area (Å²) in [4.78, 5) is 0.610. The van der Waals surface area contributed by atoms with Gasteiger partial charge in [0.05, 0.1) is 9.79 Å². The summed E-state index contributed by atoms with van der Waals surface area (Å²) in [6.07, 6.45) is 16.7. The van der Waals surface area contributed by atoms with Crippen LogP contribution in [0.15, 0.2) is 70.1 Å². The third-order valence-corrected chi connectivity index (χ3v) is 13.3. The molecule has 2 aromatic rings. The fraction of sp³-hybridized carbons (Fsp3) is 0.611. The number of unbranched alkanes of at least 4 members (excludes halogenated alkanes) is 8. The van der Waals surface area contributed by atoms with E-state index in [9.17, 15) is 16.8 Å². The Balaban J connectivity index is 1.65. The first-order valence-corrected chi connectivity index (χ1v) is 19.9. The van der Waals surface area contributed by atoms with Gasteiger partial charge in [-0.1, -0.05) is 113 Å². The van der Waals surface area contributed by atoms with Gasteiger partial charge in [-0.25, -0.2) is 16.8 Å². The lowest BCUT2D eigenvalue weighted by molar-refractivity contribution is 0.319. The van der Waals surface area contributed by atoms with Crippen molar-refractivity contribution in [2.45, 2.75) is 152 Å². The summed E-state index contributed by atoms with van der Waals surface area (Å²) in [6, 6.07) is 13.6. The highest BCUT2D eigenvalue weighted by atomic mass is 32.2. The van der Waals surface area contributed by atoms with Crippen LogP contribution in [0.25, 0.3) is 0 Å². The SMILES string of the molecule is CCCCCCC[C@@H]1CC([C@H]2CC[C@@H](CCCCCCC)N2S(=O)(=O)c2ccc(C)cc2)=CN1S(=O)(=O)c1ccc(C)cc1. The van der Waals surface area contributed by atoms with Gasteiger partial charge in [-0.15, -0.1) is 0 Å². The maximum atomic E-state index is 14.3. The van der Waals surface area contributed by atoms with Crippen molar-refractivity contribution in [1.29, 1.82) is 0 Å². The molecule has 44 heavy (non-hydrogen) atoms. The van der Waals surface area contributed by atoms with Gasteiger partial charge in [-0.2, -0.15) is 4.31 Å². The van der Waals surface area contributed by atoms with Crippen molar-refractivity contribution in [3.8, 4) is 0 Å². The number of rotatable bonds is 17. The summed E-state index contributed by atoms with van der Waals surface area (Å²) >= 11 is 0.